The number of rotatable bonds is 6. The molecule has 98 valence electrons. The SMILES string of the molecule is C=CCN(CCO)C(=O)Nc1ccc(SC)cc1. The molecule has 0 radical (unpaired) electrons. The van der Waals surface area contributed by atoms with Gasteiger partial charge in [-0.2, -0.15) is 0 Å². The molecule has 0 aliphatic heterocycles. The molecule has 0 fully saturated rings. The molecule has 2 N–H and O–H groups in total. The number of nitrogens with one attached hydrogen (secondary N) is 1. The van der Waals surface area contributed by atoms with Gasteiger partial charge in [-0.15, -0.1) is 18.3 Å². The predicted octanol–water partition coefficient (Wildman–Crippen LogP) is 2.42. The highest BCUT2D eigenvalue weighted by Gasteiger charge is 2.11. The normalized spacial score (nSPS) is 9.89. The van der Waals surface area contributed by atoms with E-state index in [1.165, 1.54) is 4.90 Å². The fourth-order valence-corrected chi connectivity index (χ4v) is 1.84. The number of carbonyl (C=O) groups is 1. The Hall–Kier alpha value is -1.46. The largest absolute Gasteiger partial charge is 0.395 e. The number of anilines is 1. The number of hydrogen-bond acceptors (Lipinski definition) is 3. The number of amides is 2. The van der Waals surface area contributed by atoms with Gasteiger partial charge in [0.25, 0.3) is 0 Å². The maximum Gasteiger partial charge on any atom is 0.322 e. The number of benzene rings is 1. The Morgan fingerprint density at radius 2 is 2.17 bits per heavy atom. The summed E-state index contributed by atoms with van der Waals surface area (Å²) in [6.45, 7) is 4.23. The third-order valence-corrected chi connectivity index (χ3v) is 3.09. The summed E-state index contributed by atoms with van der Waals surface area (Å²) in [5.41, 5.74) is 0.741. The van der Waals surface area contributed by atoms with Crippen LogP contribution in [0, 0.1) is 0 Å². The van der Waals surface area contributed by atoms with E-state index in [1.807, 2.05) is 30.5 Å². The van der Waals surface area contributed by atoms with Gasteiger partial charge in [-0.05, 0) is 30.5 Å². The third kappa shape index (κ3) is 4.43. The zero-order valence-electron chi connectivity index (χ0n) is 10.4. The van der Waals surface area contributed by atoms with Crippen LogP contribution >= 0.6 is 11.8 Å². The summed E-state index contributed by atoms with van der Waals surface area (Å²) in [4.78, 5) is 14.5. The van der Waals surface area contributed by atoms with E-state index in [0.29, 0.717) is 13.1 Å². The van der Waals surface area contributed by atoms with Gasteiger partial charge in [0.1, 0.15) is 0 Å². The number of hydrogen-bond donors (Lipinski definition) is 2. The second-order valence-corrected chi connectivity index (χ2v) is 4.50. The first kappa shape index (κ1) is 14.6. The molecule has 0 saturated heterocycles. The van der Waals surface area contributed by atoms with Crippen molar-refractivity contribution in [3.63, 3.8) is 0 Å². The van der Waals surface area contributed by atoms with Crippen LogP contribution in [0.1, 0.15) is 0 Å². The van der Waals surface area contributed by atoms with E-state index in [2.05, 4.69) is 11.9 Å². The van der Waals surface area contributed by atoms with Crippen LogP contribution in [0.4, 0.5) is 10.5 Å². The summed E-state index contributed by atoms with van der Waals surface area (Å²) in [6.07, 6.45) is 3.63. The van der Waals surface area contributed by atoms with Gasteiger partial charge in [0.15, 0.2) is 0 Å². The lowest BCUT2D eigenvalue weighted by molar-refractivity contribution is 0.195. The molecular weight excluding hydrogens is 248 g/mol. The van der Waals surface area contributed by atoms with E-state index in [1.54, 1.807) is 17.8 Å². The molecule has 0 aromatic heterocycles. The highest BCUT2D eigenvalue weighted by Crippen LogP contribution is 2.17. The molecule has 0 saturated carbocycles. The molecule has 0 unspecified atom stereocenters. The van der Waals surface area contributed by atoms with Crippen LogP contribution in [-0.4, -0.2) is 42.0 Å². The number of aliphatic hydroxyl groups excluding tert-OH is 1. The molecule has 0 bridgehead atoms. The molecule has 0 heterocycles. The Balaban J connectivity index is 2.63. The number of carbonyl (C=O) groups excluding carboxylic acids is 1. The van der Waals surface area contributed by atoms with Crippen LogP contribution in [0.5, 0.6) is 0 Å². The summed E-state index contributed by atoms with van der Waals surface area (Å²) in [7, 11) is 0. The van der Waals surface area contributed by atoms with Crippen molar-refractivity contribution in [3.8, 4) is 0 Å². The van der Waals surface area contributed by atoms with Gasteiger partial charge >= 0.3 is 6.03 Å². The molecule has 18 heavy (non-hydrogen) atoms. The van der Waals surface area contributed by atoms with E-state index < -0.39 is 0 Å². The average molecular weight is 266 g/mol. The summed E-state index contributed by atoms with van der Waals surface area (Å²) in [5, 5.41) is 11.7. The van der Waals surface area contributed by atoms with Crippen LogP contribution < -0.4 is 5.32 Å². The van der Waals surface area contributed by atoms with Crippen molar-refractivity contribution < 1.29 is 9.90 Å². The van der Waals surface area contributed by atoms with Crippen LogP contribution in [-0.2, 0) is 0 Å². The van der Waals surface area contributed by atoms with Gasteiger partial charge < -0.3 is 15.3 Å². The van der Waals surface area contributed by atoms with E-state index in [9.17, 15) is 4.79 Å². The number of thioether (sulfide) groups is 1. The molecule has 1 aromatic carbocycles. The second-order valence-electron chi connectivity index (χ2n) is 3.62. The maximum atomic E-state index is 11.9. The van der Waals surface area contributed by atoms with Crippen LogP contribution in [0.15, 0.2) is 41.8 Å². The maximum absolute atomic E-state index is 11.9. The van der Waals surface area contributed by atoms with Crippen LogP contribution in [0.3, 0.4) is 0 Å². The minimum absolute atomic E-state index is 0.0628. The molecule has 2 amide bonds. The zero-order chi connectivity index (χ0) is 13.4. The Kier molecular flexibility index (Phi) is 6.32. The molecule has 0 aliphatic carbocycles. The van der Waals surface area contributed by atoms with E-state index in [-0.39, 0.29) is 12.6 Å². The second kappa shape index (κ2) is 7.79. The van der Waals surface area contributed by atoms with Gasteiger partial charge in [-0.1, -0.05) is 6.08 Å². The molecule has 1 aromatic rings. The smallest absolute Gasteiger partial charge is 0.322 e. The van der Waals surface area contributed by atoms with E-state index in [0.717, 1.165) is 10.6 Å². The lowest BCUT2D eigenvalue weighted by Crippen LogP contribution is -2.37. The number of aliphatic hydroxyl groups is 1. The predicted molar refractivity (Wildman–Crippen MR) is 76.1 cm³/mol. The van der Waals surface area contributed by atoms with Gasteiger partial charge in [0, 0.05) is 23.7 Å². The number of nitrogens with zero attached hydrogens (tertiary/aromatic N) is 1. The van der Waals surface area contributed by atoms with Gasteiger partial charge in [-0.3, -0.25) is 0 Å². The standard InChI is InChI=1S/C13H18N2O2S/c1-3-8-15(9-10-16)13(17)14-11-4-6-12(18-2)7-5-11/h3-7,16H,1,8-10H2,2H3,(H,14,17). The molecule has 0 aliphatic rings. The molecule has 1 rings (SSSR count). The van der Waals surface area contributed by atoms with Crippen molar-refractivity contribution in [2.45, 2.75) is 4.90 Å². The van der Waals surface area contributed by atoms with Gasteiger partial charge in [0.2, 0.25) is 0 Å². The van der Waals surface area contributed by atoms with Crippen molar-refractivity contribution >= 4 is 23.5 Å². The fraction of sp³-hybridized carbons (Fsp3) is 0.308. The quantitative estimate of drug-likeness (QED) is 0.614. The van der Waals surface area contributed by atoms with Crippen molar-refractivity contribution in [1.29, 1.82) is 0 Å². The highest BCUT2D eigenvalue weighted by atomic mass is 32.2. The minimum Gasteiger partial charge on any atom is -0.395 e. The topological polar surface area (TPSA) is 52.6 Å². The molecule has 4 nitrogen and oxygen atoms in total. The van der Waals surface area contributed by atoms with Crippen molar-refractivity contribution in [2.24, 2.45) is 0 Å². The first-order chi connectivity index (χ1) is 8.71. The summed E-state index contributed by atoms with van der Waals surface area (Å²) >= 11 is 1.65. The van der Waals surface area contributed by atoms with Gasteiger partial charge in [0.05, 0.1) is 6.61 Å². The van der Waals surface area contributed by atoms with E-state index >= 15 is 0 Å². The average Bonchev–Trinajstić information content (AvgIpc) is 2.39. The first-order valence-corrected chi connectivity index (χ1v) is 6.85. The van der Waals surface area contributed by atoms with Crippen molar-refractivity contribution in [1.82, 2.24) is 4.90 Å². The molecular formula is C13H18N2O2S. The third-order valence-electron chi connectivity index (χ3n) is 2.35. The zero-order valence-corrected chi connectivity index (χ0v) is 11.2. The lowest BCUT2D eigenvalue weighted by atomic mass is 10.3. The summed E-state index contributed by atoms with van der Waals surface area (Å²) in [5.74, 6) is 0. The molecule has 0 spiro atoms. The first-order valence-electron chi connectivity index (χ1n) is 5.63. The Labute approximate surface area is 112 Å². The lowest BCUT2D eigenvalue weighted by Gasteiger charge is -2.20. The molecule has 5 heteroatoms. The monoisotopic (exact) mass is 266 g/mol. The minimum atomic E-state index is -0.235. The van der Waals surface area contributed by atoms with E-state index in [4.69, 9.17) is 5.11 Å². The summed E-state index contributed by atoms with van der Waals surface area (Å²) in [6, 6.07) is 7.37. The van der Waals surface area contributed by atoms with Gasteiger partial charge in [-0.25, -0.2) is 4.79 Å². The van der Waals surface area contributed by atoms with Crippen LogP contribution in [0.25, 0.3) is 0 Å². The molecule has 0 atom stereocenters. The Bertz CT molecular complexity index is 392. The Morgan fingerprint density at radius 1 is 1.50 bits per heavy atom. The van der Waals surface area contributed by atoms with Crippen molar-refractivity contribution in [3.05, 3.63) is 36.9 Å². The fourth-order valence-electron chi connectivity index (χ4n) is 1.43. The van der Waals surface area contributed by atoms with Crippen molar-refractivity contribution in [2.75, 3.05) is 31.3 Å². The summed E-state index contributed by atoms with van der Waals surface area (Å²) < 4.78 is 0. The number of urea groups is 1. The Morgan fingerprint density at radius 3 is 2.67 bits per heavy atom. The van der Waals surface area contributed by atoms with Crippen LogP contribution in [0.2, 0.25) is 0 Å². The highest BCUT2D eigenvalue weighted by molar-refractivity contribution is 7.98.